The number of benzene rings is 1. The second-order valence-corrected chi connectivity index (χ2v) is 7.73. The Hall–Kier alpha value is -2.08. The Kier molecular flexibility index (Phi) is 5.91. The molecule has 0 atom stereocenters. The lowest BCUT2D eigenvalue weighted by Gasteiger charge is -2.11. The second kappa shape index (κ2) is 8.34. The molecule has 0 spiro atoms. The van der Waals surface area contributed by atoms with Crippen LogP contribution in [-0.2, 0) is 13.1 Å². The van der Waals surface area contributed by atoms with Crippen molar-refractivity contribution in [2.24, 2.45) is 5.92 Å². The molecule has 2 amide bonds. The van der Waals surface area contributed by atoms with Gasteiger partial charge in [-0.25, -0.2) is 9.78 Å². The highest BCUT2D eigenvalue weighted by Crippen LogP contribution is 2.41. The van der Waals surface area contributed by atoms with Gasteiger partial charge in [0, 0.05) is 17.8 Å². The van der Waals surface area contributed by atoms with Gasteiger partial charge < -0.3 is 15.4 Å². The van der Waals surface area contributed by atoms with E-state index >= 15 is 0 Å². The first-order chi connectivity index (χ1) is 12.1. The molecule has 1 aliphatic rings. The molecule has 1 fully saturated rings. The Labute approximate surface area is 152 Å². The Morgan fingerprint density at radius 1 is 1.32 bits per heavy atom. The van der Waals surface area contributed by atoms with Gasteiger partial charge in [-0.3, -0.25) is 0 Å². The number of nitrogens with zero attached hydrogens (tertiary/aromatic N) is 1. The summed E-state index contributed by atoms with van der Waals surface area (Å²) >= 11 is 1.69. The summed E-state index contributed by atoms with van der Waals surface area (Å²) in [5.74, 6) is 1.99. The largest absolute Gasteiger partial charge is 0.493 e. The maximum Gasteiger partial charge on any atom is 0.315 e. The number of carbonyl (C=O) groups is 1. The number of nitrogens with one attached hydrogen (secondary N) is 2. The van der Waals surface area contributed by atoms with Crippen LogP contribution in [0.25, 0.3) is 0 Å². The molecule has 0 radical (unpaired) electrons. The van der Waals surface area contributed by atoms with E-state index in [4.69, 9.17) is 4.74 Å². The molecule has 25 heavy (non-hydrogen) atoms. The first kappa shape index (κ1) is 17.7. The fourth-order valence-electron chi connectivity index (χ4n) is 2.35. The Morgan fingerprint density at radius 3 is 2.88 bits per heavy atom. The number of carbonyl (C=O) groups excluding carboxylic acids is 1. The van der Waals surface area contributed by atoms with Gasteiger partial charge in [-0.15, -0.1) is 11.3 Å². The third-order valence-corrected chi connectivity index (χ3v) is 4.92. The SMILES string of the molecule is CC(C)COc1cccc(CNC(=O)NCc2csc(C3CC3)n2)c1. The first-order valence-corrected chi connectivity index (χ1v) is 9.66. The van der Waals surface area contributed by atoms with Gasteiger partial charge in [-0.2, -0.15) is 0 Å². The van der Waals surface area contributed by atoms with Crippen LogP contribution in [0, 0.1) is 5.92 Å². The first-order valence-electron chi connectivity index (χ1n) is 8.78. The molecular formula is C19H25N3O2S. The Bertz CT molecular complexity index is 710. The van der Waals surface area contributed by atoms with E-state index in [1.165, 1.54) is 17.8 Å². The lowest BCUT2D eigenvalue weighted by molar-refractivity contribution is 0.240. The monoisotopic (exact) mass is 359 g/mol. The molecule has 134 valence electrons. The molecule has 0 aliphatic heterocycles. The van der Waals surface area contributed by atoms with E-state index < -0.39 is 0 Å². The van der Waals surface area contributed by atoms with E-state index in [0.717, 1.165) is 17.0 Å². The van der Waals surface area contributed by atoms with Gasteiger partial charge in [-0.05, 0) is 36.5 Å². The quantitative estimate of drug-likeness (QED) is 0.747. The van der Waals surface area contributed by atoms with Crippen molar-refractivity contribution < 1.29 is 9.53 Å². The van der Waals surface area contributed by atoms with E-state index in [0.29, 0.717) is 31.5 Å². The third-order valence-electron chi connectivity index (χ3n) is 3.86. The van der Waals surface area contributed by atoms with Crippen LogP contribution in [0.15, 0.2) is 29.6 Å². The number of rotatable bonds is 8. The molecule has 1 heterocycles. The molecule has 1 aromatic heterocycles. The molecule has 6 heteroatoms. The molecule has 3 rings (SSSR count). The summed E-state index contributed by atoms with van der Waals surface area (Å²) in [4.78, 5) is 16.5. The number of amides is 2. The average molecular weight is 359 g/mol. The van der Waals surface area contributed by atoms with Crippen LogP contribution in [0.1, 0.15) is 48.9 Å². The van der Waals surface area contributed by atoms with Crippen molar-refractivity contribution >= 4 is 17.4 Å². The van der Waals surface area contributed by atoms with Gasteiger partial charge in [0.05, 0.1) is 23.9 Å². The molecule has 2 aromatic rings. The predicted octanol–water partition coefficient (Wildman–Crippen LogP) is 4.05. The molecule has 0 saturated heterocycles. The highest BCUT2D eigenvalue weighted by Gasteiger charge is 2.26. The normalized spacial score (nSPS) is 13.7. The number of thiazole rings is 1. The van der Waals surface area contributed by atoms with E-state index in [1.54, 1.807) is 11.3 Å². The van der Waals surface area contributed by atoms with Gasteiger partial charge in [0.1, 0.15) is 5.75 Å². The molecule has 1 aliphatic carbocycles. The number of hydrogen-bond donors (Lipinski definition) is 2. The van der Waals surface area contributed by atoms with Crippen molar-refractivity contribution in [3.05, 3.63) is 45.9 Å². The molecule has 0 bridgehead atoms. The van der Waals surface area contributed by atoms with Crippen molar-refractivity contribution in [2.75, 3.05) is 6.61 Å². The number of urea groups is 1. The zero-order valence-electron chi connectivity index (χ0n) is 14.7. The summed E-state index contributed by atoms with van der Waals surface area (Å²) in [5, 5.41) is 8.97. The third kappa shape index (κ3) is 5.74. The molecular weight excluding hydrogens is 334 g/mol. The zero-order chi connectivity index (χ0) is 17.6. The Balaban J connectivity index is 1.41. The molecule has 2 N–H and O–H groups in total. The lowest BCUT2D eigenvalue weighted by Crippen LogP contribution is -2.34. The minimum absolute atomic E-state index is 0.186. The van der Waals surface area contributed by atoms with Crippen LogP contribution in [0.4, 0.5) is 4.79 Å². The van der Waals surface area contributed by atoms with Crippen LogP contribution in [0.2, 0.25) is 0 Å². The average Bonchev–Trinajstić information content (AvgIpc) is 3.35. The van der Waals surface area contributed by atoms with Crippen molar-refractivity contribution in [1.29, 1.82) is 0 Å². The number of aromatic nitrogens is 1. The lowest BCUT2D eigenvalue weighted by atomic mass is 10.2. The number of hydrogen-bond acceptors (Lipinski definition) is 4. The summed E-state index contributed by atoms with van der Waals surface area (Å²) in [7, 11) is 0. The number of ether oxygens (including phenoxy) is 1. The minimum Gasteiger partial charge on any atom is -0.493 e. The van der Waals surface area contributed by atoms with Crippen molar-refractivity contribution in [2.45, 2.75) is 45.7 Å². The fourth-order valence-corrected chi connectivity index (χ4v) is 3.34. The van der Waals surface area contributed by atoms with Crippen LogP contribution in [0.3, 0.4) is 0 Å². The van der Waals surface area contributed by atoms with Crippen LogP contribution >= 0.6 is 11.3 Å². The van der Waals surface area contributed by atoms with E-state index in [9.17, 15) is 4.79 Å². The molecule has 1 saturated carbocycles. The standard InChI is InChI=1S/C19H25N3O2S/c1-13(2)11-24-17-5-3-4-14(8-17)9-20-19(23)21-10-16-12-25-18(22-16)15-6-7-15/h3-5,8,12-13,15H,6-7,9-11H2,1-2H3,(H2,20,21,23). The highest BCUT2D eigenvalue weighted by atomic mass is 32.1. The summed E-state index contributed by atoms with van der Waals surface area (Å²) in [6, 6.07) is 7.63. The topological polar surface area (TPSA) is 63.2 Å². The van der Waals surface area contributed by atoms with Crippen LogP contribution in [0.5, 0.6) is 5.75 Å². The van der Waals surface area contributed by atoms with Crippen LogP contribution in [-0.4, -0.2) is 17.6 Å². The van der Waals surface area contributed by atoms with Crippen molar-refractivity contribution in [1.82, 2.24) is 15.6 Å². The summed E-state index contributed by atoms with van der Waals surface area (Å²) in [5.41, 5.74) is 1.95. The summed E-state index contributed by atoms with van der Waals surface area (Å²) in [6.45, 7) is 5.85. The maximum atomic E-state index is 12.0. The van der Waals surface area contributed by atoms with Gasteiger partial charge in [0.2, 0.25) is 0 Å². The minimum atomic E-state index is -0.186. The molecule has 5 nitrogen and oxygen atoms in total. The summed E-state index contributed by atoms with van der Waals surface area (Å²) < 4.78 is 5.71. The fraction of sp³-hybridized carbons (Fsp3) is 0.474. The predicted molar refractivity (Wildman–Crippen MR) is 99.9 cm³/mol. The maximum absolute atomic E-state index is 12.0. The second-order valence-electron chi connectivity index (χ2n) is 6.84. The Morgan fingerprint density at radius 2 is 2.12 bits per heavy atom. The summed E-state index contributed by atoms with van der Waals surface area (Å²) in [6.07, 6.45) is 2.50. The molecule has 0 unspecified atom stereocenters. The molecule has 1 aromatic carbocycles. The van der Waals surface area contributed by atoms with E-state index in [-0.39, 0.29) is 6.03 Å². The van der Waals surface area contributed by atoms with Crippen molar-refractivity contribution in [3.8, 4) is 5.75 Å². The van der Waals surface area contributed by atoms with Gasteiger partial charge >= 0.3 is 6.03 Å². The van der Waals surface area contributed by atoms with Gasteiger partial charge in [-0.1, -0.05) is 26.0 Å². The van der Waals surface area contributed by atoms with Gasteiger partial charge in [0.15, 0.2) is 0 Å². The zero-order valence-corrected chi connectivity index (χ0v) is 15.6. The van der Waals surface area contributed by atoms with E-state index in [1.807, 2.05) is 29.6 Å². The van der Waals surface area contributed by atoms with Gasteiger partial charge in [0.25, 0.3) is 0 Å². The highest BCUT2D eigenvalue weighted by molar-refractivity contribution is 7.09. The smallest absolute Gasteiger partial charge is 0.315 e. The van der Waals surface area contributed by atoms with Crippen LogP contribution < -0.4 is 15.4 Å². The van der Waals surface area contributed by atoms with Crippen molar-refractivity contribution in [3.63, 3.8) is 0 Å². The van der Waals surface area contributed by atoms with E-state index in [2.05, 4.69) is 29.5 Å².